The quantitative estimate of drug-likeness (QED) is 0.758. The van der Waals surface area contributed by atoms with Crippen LogP contribution in [0.2, 0.25) is 0 Å². The second-order valence-electron chi connectivity index (χ2n) is 5.75. The van der Waals surface area contributed by atoms with E-state index in [-0.39, 0.29) is 0 Å². The van der Waals surface area contributed by atoms with Crippen LogP contribution in [0.1, 0.15) is 53.4 Å². The van der Waals surface area contributed by atoms with Gasteiger partial charge in [0, 0.05) is 38.3 Å². The van der Waals surface area contributed by atoms with E-state index in [1.807, 2.05) is 0 Å². The first kappa shape index (κ1) is 15.9. The van der Waals surface area contributed by atoms with Gasteiger partial charge in [0.15, 0.2) is 0 Å². The van der Waals surface area contributed by atoms with Crippen LogP contribution in [0.3, 0.4) is 0 Å². The molecule has 0 aromatic rings. The van der Waals surface area contributed by atoms with Crippen molar-refractivity contribution in [3.05, 3.63) is 0 Å². The number of hydrogen-bond acceptors (Lipinski definition) is 3. The average Bonchev–Trinajstić information content (AvgIpc) is 2.59. The van der Waals surface area contributed by atoms with Gasteiger partial charge in [-0.15, -0.1) is 0 Å². The van der Waals surface area contributed by atoms with Gasteiger partial charge in [-0.25, -0.2) is 0 Å². The molecular weight excluding hydrogens is 224 g/mol. The zero-order chi connectivity index (χ0) is 13.4. The molecule has 0 aromatic carbocycles. The summed E-state index contributed by atoms with van der Waals surface area (Å²) in [6.45, 7) is 13.3. The molecule has 3 heteroatoms. The summed E-state index contributed by atoms with van der Waals surface area (Å²) in [6, 6.07) is 1.25. The molecule has 0 aromatic heterocycles. The Labute approximate surface area is 113 Å². The van der Waals surface area contributed by atoms with Crippen LogP contribution >= 0.6 is 0 Å². The predicted octanol–water partition coefficient (Wildman–Crippen LogP) is 2.65. The van der Waals surface area contributed by atoms with E-state index in [1.165, 1.54) is 25.8 Å². The summed E-state index contributed by atoms with van der Waals surface area (Å²) in [5, 5.41) is 3.60. The van der Waals surface area contributed by atoms with Crippen molar-refractivity contribution in [3.8, 4) is 0 Å². The lowest BCUT2D eigenvalue weighted by molar-refractivity contribution is 0.0443. The Hall–Kier alpha value is -0.120. The summed E-state index contributed by atoms with van der Waals surface area (Å²) in [6.07, 6.45) is 5.30. The molecule has 2 atom stereocenters. The summed E-state index contributed by atoms with van der Waals surface area (Å²) < 4.78 is 5.87. The van der Waals surface area contributed by atoms with E-state index in [4.69, 9.17) is 4.74 Å². The molecule has 0 aliphatic carbocycles. The normalized spacial score (nSPS) is 24.2. The lowest BCUT2D eigenvalue weighted by Crippen LogP contribution is -2.46. The Balaban J connectivity index is 2.52. The van der Waals surface area contributed by atoms with E-state index in [0.29, 0.717) is 18.2 Å². The van der Waals surface area contributed by atoms with Crippen molar-refractivity contribution >= 4 is 0 Å². The Bertz CT molecular complexity index is 209. The molecular formula is C15H32N2O. The van der Waals surface area contributed by atoms with Gasteiger partial charge < -0.3 is 10.1 Å². The second-order valence-corrected chi connectivity index (χ2v) is 5.75. The predicted molar refractivity (Wildman–Crippen MR) is 78.1 cm³/mol. The standard InChI is InChI=1S/C15H32N2O/c1-5-8-14(11-16-13(3)4)17-9-7-10-18-15(6-2)12-17/h13-16H,5-12H2,1-4H3. The third-order valence-electron chi connectivity index (χ3n) is 3.74. The van der Waals surface area contributed by atoms with Crippen molar-refractivity contribution < 1.29 is 4.74 Å². The van der Waals surface area contributed by atoms with Crippen LogP contribution in [0.4, 0.5) is 0 Å². The fraction of sp³-hybridized carbons (Fsp3) is 1.00. The molecule has 1 saturated heterocycles. The fourth-order valence-electron chi connectivity index (χ4n) is 2.62. The fourth-order valence-corrected chi connectivity index (χ4v) is 2.62. The molecule has 1 fully saturated rings. The maximum atomic E-state index is 5.87. The first-order valence-corrected chi connectivity index (χ1v) is 7.76. The molecule has 0 radical (unpaired) electrons. The lowest BCUT2D eigenvalue weighted by atomic mass is 10.1. The minimum absolute atomic E-state index is 0.436. The van der Waals surface area contributed by atoms with Gasteiger partial charge in [0.25, 0.3) is 0 Å². The van der Waals surface area contributed by atoms with Crippen molar-refractivity contribution in [3.63, 3.8) is 0 Å². The molecule has 2 unspecified atom stereocenters. The molecule has 0 bridgehead atoms. The van der Waals surface area contributed by atoms with Gasteiger partial charge in [0.2, 0.25) is 0 Å². The maximum absolute atomic E-state index is 5.87. The summed E-state index contributed by atoms with van der Waals surface area (Å²) in [5.41, 5.74) is 0. The van der Waals surface area contributed by atoms with E-state index < -0.39 is 0 Å². The van der Waals surface area contributed by atoms with Gasteiger partial charge in [-0.3, -0.25) is 4.90 Å². The highest BCUT2D eigenvalue weighted by atomic mass is 16.5. The van der Waals surface area contributed by atoms with Gasteiger partial charge in [0.05, 0.1) is 6.10 Å². The van der Waals surface area contributed by atoms with E-state index in [0.717, 1.165) is 26.1 Å². The zero-order valence-corrected chi connectivity index (χ0v) is 12.7. The smallest absolute Gasteiger partial charge is 0.0699 e. The van der Waals surface area contributed by atoms with Gasteiger partial charge in [-0.2, -0.15) is 0 Å². The number of rotatable bonds is 7. The lowest BCUT2D eigenvalue weighted by Gasteiger charge is -2.32. The molecule has 1 N–H and O–H groups in total. The number of ether oxygens (including phenoxy) is 1. The summed E-state index contributed by atoms with van der Waals surface area (Å²) in [4.78, 5) is 2.65. The molecule has 1 aliphatic rings. The van der Waals surface area contributed by atoms with Crippen LogP contribution in [0.25, 0.3) is 0 Å². The van der Waals surface area contributed by atoms with Gasteiger partial charge >= 0.3 is 0 Å². The number of nitrogens with zero attached hydrogens (tertiary/aromatic N) is 1. The molecule has 1 aliphatic heterocycles. The third kappa shape index (κ3) is 5.68. The molecule has 108 valence electrons. The Kier molecular flexibility index (Phi) is 7.87. The van der Waals surface area contributed by atoms with Crippen molar-refractivity contribution in [1.82, 2.24) is 10.2 Å². The SMILES string of the molecule is CCCC(CNC(C)C)N1CCCOC(CC)C1. The van der Waals surface area contributed by atoms with Crippen LogP contribution in [0, 0.1) is 0 Å². The summed E-state index contributed by atoms with van der Waals surface area (Å²) >= 11 is 0. The van der Waals surface area contributed by atoms with Crippen LogP contribution in [0.15, 0.2) is 0 Å². The topological polar surface area (TPSA) is 24.5 Å². The average molecular weight is 256 g/mol. The Morgan fingerprint density at radius 3 is 2.72 bits per heavy atom. The largest absolute Gasteiger partial charge is 0.377 e. The summed E-state index contributed by atoms with van der Waals surface area (Å²) in [7, 11) is 0. The van der Waals surface area contributed by atoms with E-state index >= 15 is 0 Å². The molecule has 1 rings (SSSR count). The monoisotopic (exact) mass is 256 g/mol. The van der Waals surface area contributed by atoms with E-state index in [2.05, 4.69) is 37.9 Å². The highest BCUT2D eigenvalue weighted by molar-refractivity contribution is 4.79. The van der Waals surface area contributed by atoms with Crippen molar-refractivity contribution in [2.24, 2.45) is 0 Å². The van der Waals surface area contributed by atoms with E-state index in [1.54, 1.807) is 0 Å². The molecule has 0 saturated carbocycles. The first-order valence-electron chi connectivity index (χ1n) is 7.76. The zero-order valence-electron chi connectivity index (χ0n) is 12.7. The Morgan fingerprint density at radius 2 is 2.11 bits per heavy atom. The second kappa shape index (κ2) is 8.89. The minimum atomic E-state index is 0.436. The maximum Gasteiger partial charge on any atom is 0.0699 e. The van der Waals surface area contributed by atoms with Crippen LogP contribution in [0.5, 0.6) is 0 Å². The van der Waals surface area contributed by atoms with Crippen molar-refractivity contribution in [2.45, 2.75) is 71.6 Å². The molecule has 18 heavy (non-hydrogen) atoms. The number of nitrogens with one attached hydrogen (secondary N) is 1. The highest BCUT2D eigenvalue weighted by Crippen LogP contribution is 2.14. The van der Waals surface area contributed by atoms with Gasteiger partial charge in [0.1, 0.15) is 0 Å². The number of hydrogen-bond donors (Lipinski definition) is 1. The highest BCUT2D eigenvalue weighted by Gasteiger charge is 2.23. The third-order valence-corrected chi connectivity index (χ3v) is 3.74. The van der Waals surface area contributed by atoms with Crippen LogP contribution < -0.4 is 5.32 Å². The van der Waals surface area contributed by atoms with Crippen molar-refractivity contribution in [1.29, 1.82) is 0 Å². The van der Waals surface area contributed by atoms with Gasteiger partial charge in [-0.1, -0.05) is 34.1 Å². The van der Waals surface area contributed by atoms with Crippen LogP contribution in [-0.4, -0.2) is 49.3 Å². The molecule has 0 spiro atoms. The molecule has 0 amide bonds. The first-order chi connectivity index (χ1) is 8.67. The summed E-state index contributed by atoms with van der Waals surface area (Å²) in [5.74, 6) is 0. The van der Waals surface area contributed by atoms with Gasteiger partial charge in [-0.05, 0) is 19.3 Å². The van der Waals surface area contributed by atoms with Crippen molar-refractivity contribution in [2.75, 3.05) is 26.2 Å². The Morgan fingerprint density at radius 1 is 1.33 bits per heavy atom. The van der Waals surface area contributed by atoms with E-state index in [9.17, 15) is 0 Å². The minimum Gasteiger partial charge on any atom is -0.377 e. The molecule has 3 nitrogen and oxygen atoms in total. The molecule has 1 heterocycles. The van der Waals surface area contributed by atoms with Crippen LogP contribution in [-0.2, 0) is 4.74 Å².